The molecule has 1 heterocycles. The molecule has 2 aromatic carbocycles. The van der Waals surface area contributed by atoms with Crippen molar-refractivity contribution in [3.63, 3.8) is 0 Å². The summed E-state index contributed by atoms with van der Waals surface area (Å²) in [4.78, 5) is 10.5. The summed E-state index contributed by atoms with van der Waals surface area (Å²) >= 11 is 0. The summed E-state index contributed by atoms with van der Waals surface area (Å²) in [6, 6.07) is 9.50. The Hall–Kier alpha value is -2.65. The minimum absolute atomic E-state index is 0.192. The first-order valence-electron chi connectivity index (χ1n) is 8.16. The van der Waals surface area contributed by atoms with Crippen LogP contribution in [0, 0.1) is 5.82 Å². The third-order valence-corrected chi connectivity index (χ3v) is 6.27. The van der Waals surface area contributed by atoms with Crippen molar-refractivity contribution >= 4 is 15.8 Å². The topological polar surface area (TPSA) is 116 Å². The van der Waals surface area contributed by atoms with E-state index in [-0.39, 0.29) is 23.0 Å². The molecule has 0 amide bonds. The molecule has 3 rings (SSSR count). The van der Waals surface area contributed by atoms with Crippen molar-refractivity contribution in [3.8, 4) is 11.5 Å². The fraction of sp³-hybridized carbons (Fsp3) is 0.278. The zero-order chi connectivity index (χ0) is 19.6. The predicted molar refractivity (Wildman–Crippen MR) is 94.0 cm³/mol. The molecule has 0 radical (unpaired) electrons. The van der Waals surface area contributed by atoms with E-state index in [2.05, 4.69) is 0 Å². The molecule has 2 atom stereocenters. The number of hydrogen-bond acceptors (Lipinski definition) is 6. The number of carboxylic acids is 1. The van der Waals surface area contributed by atoms with E-state index in [4.69, 9.17) is 20.3 Å². The molecule has 1 aliphatic rings. The van der Waals surface area contributed by atoms with Gasteiger partial charge < -0.3 is 20.3 Å². The molecule has 0 saturated heterocycles. The number of halogens is 1. The molecule has 9 heteroatoms. The maximum absolute atomic E-state index is 13.5. The largest absolute Gasteiger partial charge is 0.489 e. The molecule has 0 saturated carbocycles. The first-order chi connectivity index (χ1) is 12.8. The Balaban J connectivity index is 1.95. The number of aliphatic carboxylic acids is 1. The number of rotatable bonds is 6. The zero-order valence-corrected chi connectivity index (χ0v) is 15.0. The number of benzene rings is 2. The second kappa shape index (κ2) is 7.53. The fourth-order valence-corrected chi connectivity index (χ4v) is 4.61. The van der Waals surface area contributed by atoms with E-state index < -0.39 is 39.5 Å². The highest BCUT2D eigenvalue weighted by Gasteiger charge is 2.37. The standard InChI is InChI=1S/C18H18FNO6S/c19-11-3-1-4-12(9-11)27(23,24)18(20)14-7-8-25-17-13(14)5-2-6-15(17)26-10-16(21)22/h1-6,9,14,18H,7-8,10,20H2,(H,21,22). The number of hydrogen-bond donors (Lipinski definition) is 2. The summed E-state index contributed by atoms with van der Waals surface area (Å²) in [6.45, 7) is -0.365. The summed E-state index contributed by atoms with van der Waals surface area (Å²) in [6.07, 6.45) is 0.338. The summed E-state index contributed by atoms with van der Waals surface area (Å²) in [5.74, 6) is -1.95. The van der Waals surface area contributed by atoms with E-state index in [1.807, 2.05) is 0 Å². The van der Waals surface area contributed by atoms with Crippen LogP contribution in [0.3, 0.4) is 0 Å². The van der Waals surface area contributed by atoms with E-state index in [0.29, 0.717) is 12.0 Å². The molecule has 0 aliphatic carbocycles. The molecule has 27 heavy (non-hydrogen) atoms. The van der Waals surface area contributed by atoms with Gasteiger partial charge in [-0.25, -0.2) is 17.6 Å². The van der Waals surface area contributed by atoms with Crippen LogP contribution in [0.15, 0.2) is 47.4 Å². The quantitative estimate of drug-likeness (QED) is 0.767. The molecule has 0 spiro atoms. The van der Waals surface area contributed by atoms with Crippen LogP contribution in [0.1, 0.15) is 17.9 Å². The molecule has 1 aliphatic heterocycles. The maximum atomic E-state index is 13.5. The van der Waals surface area contributed by atoms with Crippen LogP contribution >= 0.6 is 0 Å². The summed E-state index contributed by atoms with van der Waals surface area (Å²) in [7, 11) is -4.00. The van der Waals surface area contributed by atoms with Crippen molar-refractivity contribution in [1.29, 1.82) is 0 Å². The highest BCUT2D eigenvalue weighted by Crippen LogP contribution is 2.43. The summed E-state index contributed by atoms with van der Waals surface area (Å²) < 4.78 is 50.0. The molecule has 2 aromatic rings. The molecule has 2 unspecified atom stereocenters. The van der Waals surface area contributed by atoms with E-state index >= 15 is 0 Å². The lowest BCUT2D eigenvalue weighted by Gasteiger charge is -2.31. The monoisotopic (exact) mass is 395 g/mol. The van der Waals surface area contributed by atoms with Gasteiger partial charge in [0.1, 0.15) is 11.2 Å². The van der Waals surface area contributed by atoms with Gasteiger partial charge in [-0.05, 0) is 30.7 Å². The van der Waals surface area contributed by atoms with Crippen molar-refractivity contribution in [2.24, 2.45) is 5.73 Å². The van der Waals surface area contributed by atoms with Gasteiger partial charge in [-0.1, -0.05) is 18.2 Å². The lowest BCUT2D eigenvalue weighted by Crippen LogP contribution is -2.39. The first-order valence-corrected chi connectivity index (χ1v) is 9.70. The van der Waals surface area contributed by atoms with Gasteiger partial charge in [0.25, 0.3) is 0 Å². The van der Waals surface area contributed by atoms with Crippen molar-refractivity contribution in [1.82, 2.24) is 0 Å². The average molecular weight is 395 g/mol. The van der Waals surface area contributed by atoms with Gasteiger partial charge in [-0.15, -0.1) is 0 Å². The minimum Gasteiger partial charge on any atom is -0.489 e. The zero-order valence-electron chi connectivity index (χ0n) is 14.2. The number of nitrogens with two attached hydrogens (primary N) is 1. The molecule has 7 nitrogen and oxygen atoms in total. The van der Waals surface area contributed by atoms with Gasteiger partial charge >= 0.3 is 5.97 Å². The Kier molecular flexibility index (Phi) is 5.33. The van der Waals surface area contributed by atoms with Crippen molar-refractivity contribution in [2.75, 3.05) is 13.2 Å². The second-order valence-corrected chi connectivity index (χ2v) is 8.17. The van der Waals surface area contributed by atoms with E-state index in [1.54, 1.807) is 12.1 Å². The number of ether oxygens (including phenoxy) is 2. The second-order valence-electron chi connectivity index (χ2n) is 6.07. The van der Waals surface area contributed by atoms with Crippen LogP contribution in [-0.4, -0.2) is 38.1 Å². The van der Waals surface area contributed by atoms with Crippen LogP contribution in [0.2, 0.25) is 0 Å². The molecule has 0 bridgehead atoms. The predicted octanol–water partition coefficient (Wildman–Crippen LogP) is 1.91. The maximum Gasteiger partial charge on any atom is 0.341 e. The molecule has 0 fully saturated rings. The van der Waals surface area contributed by atoms with Crippen LogP contribution in [0.25, 0.3) is 0 Å². The SMILES string of the molecule is NC(C1CCOc2c(OCC(=O)O)cccc21)S(=O)(=O)c1cccc(F)c1. The minimum atomic E-state index is -4.00. The van der Waals surface area contributed by atoms with Gasteiger partial charge in [0.15, 0.2) is 27.9 Å². The Morgan fingerprint density at radius 2 is 2.07 bits per heavy atom. The molecule has 3 N–H and O–H groups in total. The van der Waals surface area contributed by atoms with E-state index in [0.717, 1.165) is 12.1 Å². The fourth-order valence-electron chi connectivity index (χ4n) is 3.03. The highest BCUT2D eigenvalue weighted by molar-refractivity contribution is 7.92. The smallest absolute Gasteiger partial charge is 0.341 e. The van der Waals surface area contributed by atoms with Crippen LogP contribution in [-0.2, 0) is 14.6 Å². The van der Waals surface area contributed by atoms with E-state index in [1.165, 1.54) is 18.2 Å². The highest BCUT2D eigenvalue weighted by atomic mass is 32.2. The Labute approximate surface area is 155 Å². The third-order valence-electron chi connectivity index (χ3n) is 4.31. The lowest BCUT2D eigenvalue weighted by molar-refractivity contribution is -0.139. The Bertz CT molecular complexity index is 962. The van der Waals surface area contributed by atoms with Gasteiger partial charge in [0.05, 0.1) is 11.5 Å². The van der Waals surface area contributed by atoms with Crippen LogP contribution in [0.5, 0.6) is 11.5 Å². The van der Waals surface area contributed by atoms with E-state index in [9.17, 15) is 17.6 Å². The number of para-hydroxylation sites is 1. The number of carboxylic acid groups (broad SMARTS) is 1. The average Bonchev–Trinajstić information content (AvgIpc) is 2.65. The summed E-state index contributed by atoms with van der Waals surface area (Å²) in [5.41, 5.74) is 6.61. The van der Waals surface area contributed by atoms with Crippen LogP contribution in [0.4, 0.5) is 4.39 Å². The number of carbonyl (C=O) groups is 1. The number of fused-ring (bicyclic) bond motifs is 1. The Morgan fingerprint density at radius 3 is 2.78 bits per heavy atom. The normalized spacial score (nSPS) is 17.5. The van der Waals surface area contributed by atoms with Crippen molar-refractivity contribution in [3.05, 3.63) is 53.8 Å². The molecular weight excluding hydrogens is 377 g/mol. The first kappa shape index (κ1) is 19.1. The summed E-state index contributed by atoms with van der Waals surface area (Å²) in [5, 5.41) is 7.46. The van der Waals surface area contributed by atoms with Gasteiger partial charge in [-0.3, -0.25) is 0 Å². The van der Waals surface area contributed by atoms with Gasteiger partial charge in [0.2, 0.25) is 0 Å². The molecule has 144 valence electrons. The number of sulfone groups is 1. The van der Waals surface area contributed by atoms with Gasteiger partial charge in [0, 0.05) is 11.5 Å². The van der Waals surface area contributed by atoms with Crippen molar-refractivity contribution < 1.29 is 32.2 Å². The van der Waals surface area contributed by atoms with Gasteiger partial charge in [-0.2, -0.15) is 0 Å². The Morgan fingerprint density at radius 1 is 1.33 bits per heavy atom. The molecule has 0 aromatic heterocycles. The molecular formula is C18H18FNO6S. The lowest BCUT2D eigenvalue weighted by atomic mass is 9.92. The van der Waals surface area contributed by atoms with Crippen LogP contribution < -0.4 is 15.2 Å². The third kappa shape index (κ3) is 3.88. The van der Waals surface area contributed by atoms with Crippen molar-refractivity contribution in [2.45, 2.75) is 22.6 Å².